The van der Waals surface area contributed by atoms with Crippen molar-refractivity contribution in [2.75, 3.05) is 13.2 Å². The molecule has 0 aliphatic rings. The molecular formula is C65H108O6. The van der Waals surface area contributed by atoms with Gasteiger partial charge in [-0.15, -0.1) is 0 Å². The third-order valence-electron chi connectivity index (χ3n) is 12.3. The van der Waals surface area contributed by atoms with E-state index in [-0.39, 0.29) is 31.1 Å². The minimum atomic E-state index is -0.795. The second kappa shape index (κ2) is 58.6. The first kappa shape index (κ1) is 67.1. The van der Waals surface area contributed by atoms with Crippen LogP contribution in [-0.4, -0.2) is 37.2 Å². The van der Waals surface area contributed by atoms with Gasteiger partial charge < -0.3 is 14.2 Å². The summed E-state index contributed by atoms with van der Waals surface area (Å²) < 4.78 is 16.9. The van der Waals surface area contributed by atoms with Crippen molar-refractivity contribution in [3.63, 3.8) is 0 Å². The number of hydrogen-bond donors (Lipinski definition) is 0. The van der Waals surface area contributed by atoms with Crippen molar-refractivity contribution in [2.45, 2.75) is 271 Å². The Bertz CT molecular complexity index is 1460. The summed E-state index contributed by atoms with van der Waals surface area (Å²) in [7, 11) is 0. The lowest BCUT2D eigenvalue weighted by atomic mass is 10.0. The summed E-state index contributed by atoms with van der Waals surface area (Å²) in [4.78, 5) is 38.2. The highest BCUT2D eigenvalue weighted by atomic mass is 16.6. The molecular weight excluding hydrogens is 877 g/mol. The second-order valence-electron chi connectivity index (χ2n) is 19.1. The number of rotatable bonds is 52. The van der Waals surface area contributed by atoms with E-state index in [1.807, 2.05) is 0 Å². The lowest BCUT2D eigenvalue weighted by Gasteiger charge is -2.18. The Kier molecular flexibility index (Phi) is 55.4. The molecule has 1 atom stereocenters. The van der Waals surface area contributed by atoms with Gasteiger partial charge >= 0.3 is 17.9 Å². The maximum atomic E-state index is 12.9. The third kappa shape index (κ3) is 56.9. The summed E-state index contributed by atoms with van der Waals surface area (Å²) in [6, 6.07) is 0. The van der Waals surface area contributed by atoms with Crippen LogP contribution in [0.15, 0.2) is 109 Å². The second-order valence-corrected chi connectivity index (χ2v) is 19.1. The highest BCUT2D eigenvalue weighted by molar-refractivity contribution is 5.71. The van der Waals surface area contributed by atoms with Crippen LogP contribution in [0.1, 0.15) is 265 Å². The Morgan fingerprint density at radius 3 is 0.859 bits per heavy atom. The zero-order valence-corrected chi connectivity index (χ0v) is 46.2. The third-order valence-corrected chi connectivity index (χ3v) is 12.3. The maximum Gasteiger partial charge on any atom is 0.306 e. The molecule has 1 unspecified atom stereocenters. The number of carbonyl (C=O) groups excluding carboxylic acids is 3. The summed E-state index contributed by atoms with van der Waals surface area (Å²) in [5, 5.41) is 0. The minimum absolute atomic E-state index is 0.0899. The van der Waals surface area contributed by atoms with Crippen LogP contribution in [0.3, 0.4) is 0 Å². The monoisotopic (exact) mass is 985 g/mol. The fourth-order valence-corrected chi connectivity index (χ4v) is 7.93. The summed E-state index contributed by atoms with van der Waals surface area (Å²) >= 11 is 0. The van der Waals surface area contributed by atoms with Crippen LogP contribution < -0.4 is 0 Å². The number of carbonyl (C=O) groups is 3. The molecule has 0 spiro atoms. The van der Waals surface area contributed by atoms with E-state index in [9.17, 15) is 14.4 Å². The van der Waals surface area contributed by atoms with E-state index in [2.05, 4.69) is 130 Å². The van der Waals surface area contributed by atoms with Gasteiger partial charge in [0.15, 0.2) is 6.10 Å². The van der Waals surface area contributed by atoms with Gasteiger partial charge in [0.25, 0.3) is 0 Å². The van der Waals surface area contributed by atoms with Gasteiger partial charge in [-0.1, -0.05) is 252 Å². The lowest BCUT2D eigenvalue weighted by Crippen LogP contribution is -2.30. The standard InChI is InChI=1S/C65H108O6/c1-4-7-10-13-16-19-22-25-27-29-30-31-32-33-34-36-37-40-43-46-49-52-55-58-64(67)70-61-62(60-69-63(66)57-54-51-48-45-42-39-24-21-18-15-12-9-6-3)71-65(68)59-56-53-50-47-44-41-38-35-28-26-23-20-17-14-11-8-5-2/h7-8,10-11,16-17,19-20,25-28,30-31,33-34,37,40,62H,4-6,9,12-15,18,21-24,29,32,35-36,38-39,41-61H2,1-3H3/b10-7-,11-8-,19-16-,20-17-,27-25-,28-26-,31-30-,34-33-,40-37-. The smallest absolute Gasteiger partial charge is 0.306 e. The van der Waals surface area contributed by atoms with Crippen molar-refractivity contribution < 1.29 is 28.6 Å². The fraction of sp³-hybridized carbons (Fsp3) is 0.677. The quantitative estimate of drug-likeness (QED) is 0.0261. The summed E-state index contributed by atoms with van der Waals surface area (Å²) in [6.45, 7) is 6.39. The molecule has 71 heavy (non-hydrogen) atoms. The first-order chi connectivity index (χ1) is 35.0. The van der Waals surface area contributed by atoms with E-state index in [1.54, 1.807) is 0 Å². The van der Waals surface area contributed by atoms with Crippen molar-refractivity contribution in [3.05, 3.63) is 109 Å². The largest absolute Gasteiger partial charge is 0.462 e. The number of allylic oxidation sites excluding steroid dienone is 18. The Morgan fingerprint density at radius 2 is 0.549 bits per heavy atom. The van der Waals surface area contributed by atoms with E-state index in [0.717, 1.165) is 135 Å². The van der Waals surface area contributed by atoms with Crippen LogP contribution in [0.5, 0.6) is 0 Å². The van der Waals surface area contributed by atoms with Gasteiger partial charge in [-0.2, -0.15) is 0 Å². The average Bonchev–Trinajstić information content (AvgIpc) is 3.37. The normalized spacial score (nSPS) is 12.9. The van der Waals surface area contributed by atoms with Crippen molar-refractivity contribution in [3.8, 4) is 0 Å². The van der Waals surface area contributed by atoms with Crippen LogP contribution >= 0.6 is 0 Å². The van der Waals surface area contributed by atoms with Crippen molar-refractivity contribution >= 4 is 17.9 Å². The Labute approximate surface area is 438 Å². The molecule has 0 aliphatic carbocycles. The Morgan fingerprint density at radius 1 is 0.296 bits per heavy atom. The van der Waals surface area contributed by atoms with Crippen LogP contribution in [0.25, 0.3) is 0 Å². The predicted octanol–water partition coefficient (Wildman–Crippen LogP) is 19.9. The maximum absolute atomic E-state index is 12.9. The average molecular weight is 986 g/mol. The molecule has 0 saturated carbocycles. The summed E-state index contributed by atoms with van der Waals surface area (Å²) in [5.41, 5.74) is 0. The molecule has 0 bridgehead atoms. The van der Waals surface area contributed by atoms with Gasteiger partial charge in [-0.05, 0) is 103 Å². The summed E-state index contributed by atoms with van der Waals surface area (Å²) in [5.74, 6) is -0.922. The van der Waals surface area contributed by atoms with Gasteiger partial charge in [-0.25, -0.2) is 0 Å². The Balaban J connectivity index is 4.43. The number of esters is 3. The molecule has 0 aromatic rings. The molecule has 0 saturated heterocycles. The van der Waals surface area contributed by atoms with E-state index < -0.39 is 6.10 Å². The van der Waals surface area contributed by atoms with Crippen LogP contribution in [-0.2, 0) is 28.6 Å². The van der Waals surface area contributed by atoms with Gasteiger partial charge in [0, 0.05) is 19.3 Å². The molecule has 0 aromatic heterocycles. The molecule has 0 heterocycles. The highest BCUT2D eigenvalue weighted by Crippen LogP contribution is 2.15. The van der Waals surface area contributed by atoms with Crippen molar-refractivity contribution in [1.82, 2.24) is 0 Å². The zero-order chi connectivity index (χ0) is 51.4. The molecule has 0 aliphatic heterocycles. The molecule has 0 aromatic carbocycles. The molecule has 0 radical (unpaired) electrons. The van der Waals surface area contributed by atoms with Gasteiger partial charge in [0.2, 0.25) is 0 Å². The van der Waals surface area contributed by atoms with E-state index in [4.69, 9.17) is 14.2 Å². The summed E-state index contributed by atoms with van der Waals surface area (Å²) in [6.07, 6.45) is 79.3. The Hall–Kier alpha value is -3.93. The lowest BCUT2D eigenvalue weighted by molar-refractivity contribution is -0.167. The molecule has 0 amide bonds. The number of unbranched alkanes of at least 4 members (excludes halogenated alkanes) is 23. The first-order valence-electron chi connectivity index (χ1n) is 29.4. The van der Waals surface area contributed by atoms with Gasteiger partial charge in [0.1, 0.15) is 13.2 Å². The van der Waals surface area contributed by atoms with E-state index in [0.29, 0.717) is 19.3 Å². The molecule has 0 rings (SSSR count). The minimum Gasteiger partial charge on any atom is -0.462 e. The zero-order valence-electron chi connectivity index (χ0n) is 46.2. The van der Waals surface area contributed by atoms with Gasteiger partial charge in [0.05, 0.1) is 0 Å². The van der Waals surface area contributed by atoms with Crippen LogP contribution in [0.4, 0.5) is 0 Å². The van der Waals surface area contributed by atoms with Crippen LogP contribution in [0, 0.1) is 0 Å². The van der Waals surface area contributed by atoms with Crippen molar-refractivity contribution in [2.24, 2.45) is 0 Å². The highest BCUT2D eigenvalue weighted by Gasteiger charge is 2.19. The molecule has 0 fully saturated rings. The van der Waals surface area contributed by atoms with E-state index >= 15 is 0 Å². The first-order valence-corrected chi connectivity index (χ1v) is 29.4. The molecule has 404 valence electrons. The molecule has 6 heteroatoms. The molecule has 0 N–H and O–H groups in total. The molecule has 6 nitrogen and oxygen atoms in total. The number of hydrogen-bond acceptors (Lipinski definition) is 6. The predicted molar refractivity (Wildman–Crippen MR) is 307 cm³/mol. The number of ether oxygens (including phenoxy) is 3. The fourth-order valence-electron chi connectivity index (χ4n) is 7.93. The van der Waals surface area contributed by atoms with E-state index in [1.165, 1.54) is 89.9 Å². The van der Waals surface area contributed by atoms with Crippen LogP contribution in [0.2, 0.25) is 0 Å². The van der Waals surface area contributed by atoms with Crippen molar-refractivity contribution in [1.29, 1.82) is 0 Å². The van der Waals surface area contributed by atoms with Gasteiger partial charge in [-0.3, -0.25) is 14.4 Å². The SMILES string of the molecule is CC/C=C\C/C=C\C/C=C\C/C=C\C/C=C\C/C=C\CCCCCCC(=O)OCC(COC(=O)CCCCCCCCCCCCCCC)OC(=O)CCCCCCCCC/C=C\C/C=C\C/C=C\CC. The topological polar surface area (TPSA) is 78.9 Å².